The second-order valence-electron chi connectivity index (χ2n) is 4.43. The van der Waals surface area contributed by atoms with Crippen molar-refractivity contribution in [1.82, 2.24) is 10.2 Å². The molecule has 0 spiro atoms. The van der Waals surface area contributed by atoms with Crippen LogP contribution >= 0.6 is 0 Å². The molecule has 0 bridgehead atoms. The molecule has 2 heterocycles. The Labute approximate surface area is 106 Å². The second-order valence-corrected chi connectivity index (χ2v) is 4.43. The summed E-state index contributed by atoms with van der Waals surface area (Å²) in [5.74, 6) is 1.02. The number of furan rings is 1. The second kappa shape index (κ2) is 4.72. The first-order valence-electron chi connectivity index (χ1n) is 6.36. The molecule has 0 unspecified atom stereocenters. The fourth-order valence-electron chi connectivity index (χ4n) is 2.27. The molecule has 0 fully saturated rings. The summed E-state index contributed by atoms with van der Waals surface area (Å²) in [6.45, 7) is 5.89. The standard InChI is InChI=1S/C14H17N3O/c1-2-17-7-6-15-14(17)16-10-11-3-4-13-12(9-11)5-8-18-13/h3-5,8-9H,2,6-7,10H2,1H3,(H,15,16). The molecule has 0 amide bonds. The molecule has 0 saturated carbocycles. The van der Waals surface area contributed by atoms with Gasteiger partial charge in [-0.3, -0.25) is 4.99 Å². The van der Waals surface area contributed by atoms with E-state index < -0.39 is 0 Å². The number of hydrogen-bond acceptors (Lipinski definition) is 4. The molecule has 18 heavy (non-hydrogen) atoms. The first-order valence-corrected chi connectivity index (χ1v) is 6.36. The minimum absolute atomic E-state index is 0.802. The van der Waals surface area contributed by atoms with Crippen molar-refractivity contribution in [3.8, 4) is 0 Å². The summed E-state index contributed by atoms with van der Waals surface area (Å²) in [4.78, 5) is 6.73. The Balaban J connectivity index is 1.69. The molecule has 0 aliphatic carbocycles. The number of guanidine groups is 1. The normalized spacial score (nSPS) is 15.2. The van der Waals surface area contributed by atoms with Gasteiger partial charge in [-0.05, 0) is 30.7 Å². The van der Waals surface area contributed by atoms with Crippen LogP contribution < -0.4 is 5.32 Å². The minimum Gasteiger partial charge on any atom is -0.464 e. The van der Waals surface area contributed by atoms with Crippen molar-refractivity contribution >= 4 is 16.9 Å². The molecule has 4 nitrogen and oxygen atoms in total. The zero-order valence-electron chi connectivity index (χ0n) is 10.5. The predicted molar refractivity (Wildman–Crippen MR) is 72.6 cm³/mol. The summed E-state index contributed by atoms with van der Waals surface area (Å²) < 4.78 is 5.33. The number of nitrogens with zero attached hydrogens (tertiary/aromatic N) is 2. The SMILES string of the molecule is CCN1CCN=C1NCc1ccc2occc2c1. The van der Waals surface area contributed by atoms with Gasteiger partial charge in [-0.15, -0.1) is 0 Å². The number of rotatable bonds is 3. The van der Waals surface area contributed by atoms with Gasteiger partial charge in [-0.1, -0.05) is 6.07 Å². The molecule has 1 N–H and O–H groups in total. The van der Waals surface area contributed by atoms with Gasteiger partial charge in [-0.2, -0.15) is 0 Å². The molecule has 3 rings (SSSR count). The Morgan fingerprint density at radius 2 is 2.33 bits per heavy atom. The van der Waals surface area contributed by atoms with Gasteiger partial charge in [-0.25, -0.2) is 0 Å². The van der Waals surface area contributed by atoms with Crippen molar-refractivity contribution in [2.75, 3.05) is 19.6 Å². The topological polar surface area (TPSA) is 40.8 Å². The maximum Gasteiger partial charge on any atom is 0.194 e. The van der Waals surface area contributed by atoms with Gasteiger partial charge in [0.15, 0.2) is 5.96 Å². The molecule has 1 aromatic heterocycles. The molecule has 1 aromatic carbocycles. The van der Waals surface area contributed by atoms with E-state index in [-0.39, 0.29) is 0 Å². The van der Waals surface area contributed by atoms with Gasteiger partial charge in [0.1, 0.15) is 5.58 Å². The Hall–Kier alpha value is -1.97. The van der Waals surface area contributed by atoms with E-state index in [4.69, 9.17) is 4.42 Å². The first-order chi connectivity index (χ1) is 8.86. The van der Waals surface area contributed by atoms with Crippen LogP contribution in [-0.2, 0) is 6.54 Å². The summed E-state index contributed by atoms with van der Waals surface area (Å²) in [7, 11) is 0. The van der Waals surface area contributed by atoms with Crippen molar-refractivity contribution in [3.63, 3.8) is 0 Å². The highest BCUT2D eigenvalue weighted by Crippen LogP contribution is 2.16. The van der Waals surface area contributed by atoms with E-state index in [1.807, 2.05) is 12.1 Å². The van der Waals surface area contributed by atoms with Crippen LogP contribution in [0.4, 0.5) is 0 Å². The summed E-state index contributed by atoms with van der Waals surface area (Å²) in [5.41, 5.74) is 2.18. The molecule has 1 aliphatic heterocycles. The summed E-state index contributed by atoms with van der Waals surface area (Å²) in [6.07, 6.45) is 1.72. The molecule has 0 atom stereocenters. The lowest BCUT2D eigenvalue weighted by atomic mass is 10.1. The van der Waals surface area contributed by atoms with E-state index in [1.54, 1.807) is 6.26 Å². The average molecular weight is 243 g/mol. The first kappa shape index (κ1) is 11.1. The minimum atomic E-state index is 0.802. The molecular weight excluding hydrogens is 226 g/mol. The number of benzene rings is 1. The Bertz CT molecular complexity index is 573. The molecule has 0 saturated heterocycles. The number of hydrogen-bond donors (Lipinski definition) is 1. The highest BCUT2D eigenvalue weighted by molar-refractivity contribution is 5.82. The lowest BCUT2D eigenvalue weighted by Crippen LogP contribution is -2.37. The van der Waals surface area contributed by atoms with E-state index in [1.165, 1.54) is 5.56 Å². The monoisotopic (exact) mass is 243 g/mol. The zero-order chi connectivity index (χ0) is 12.4. The number of nitrogens with one attached hydrogen (secondary N) is 1. The van der Waals surface area contributed by atoms with Crippen LogP contribution in [-0.4, -0.2) is 30.5 Å². The van der Waals surface area contributed by atoms with Crippen LogP contribution in [0, 0.1) is 0 Å². The average Bonchev–Trinajstić information content (AvgIpc) is 3.04. The van der Waals surface area contributed by atoms with Crippen LogP contribution in [0.2, 0.25) is 0 Å². The highest BCUT2D eigenvalue weighted by atomic mass is 16.3. The quantitative estimate of drug-likeness (QED) is 0.898. The van der Waals surface area contributed by atoms with Gasteiger partial charge in [0, 0.05) is 25.0 Å². The third-order valence-corrected chi connectivity index (χ3v) is 3.28. The lowest BCUT2D eigenvalue weighted by Gasteiger charge is -2.18. The lowest BCUT2D eigenvalue weighted by molar-refractivity contribution is 0.466. The third-order valence-electron chi connectivity index (χ3n) is 3.28. The van der Waals surface area contributed by atoms with Crippen molar-refractivity contribution < 1.29 is 4.42 Å². The Morgan fingerprint density at radius 3 is 3.22 bits per heavy atom. The third kappa shape index (κ3) is 2.06. The molecule has 4 heteroatoms. The van der Waals surface area contributed by atoms with Crippen LogP contribution in [0.5, 0.6) is 0 Å². The van der Waals surface area contributed by atoms with Crippen LogP contribution in [0.15, 0.2) is 39.9 Å². The summed E-state index contributed by atoms with van der Waals surface area (Å²) in [6, 6.07) is 8.24. The van der Waals surface area contributed by atoms with Crippen molar-refractivity contribution in [3.05, 3.63) is 36.1 Å². The fraction of sp³-hybridized carbons (Fsp3) is 0.357. The van der Waals surface area contributed by atoms with Crippen molar-refractivity contribution in [2.45, 2.75) is 13.5 Å². The molecule has 1 aliphatic rings. The summed E-state index contributed by atoms with van der Waals surface area (Å²) in [5, 5.41) is 4.55. The van der Waals surface area contributed by atoms with E-state index >= 15 is 0 Å². The largest absolute Gasteiger partial charge is 0.464 e. The number of fused-ring (bicyclic) bond motifs is 1. The fourth-order valence-corrected chi connectivity index (χ4v) is 2.27. The molecule has 2 aromatic rings. The zero-order valence-corrected chi connectivity index (χ0v) is 10.5. The maximum absolute atomic E-state index is 5.33. The van der Waals surface area contributed by atoms with E-state index in [0.29, 0.717) is 0 Å². The highest BCUT2D eigenvalue weighted by Gasteiger charge is 2.13. The van der Waals surface area contributed by atoms with E-state index in [0.717, 1.165) is 43.1 Å². The smallest absolute Gasteiger partial charge is 0.194 e. The van der Waals surface area contributed by atoms with Gasteiger partial charge >= 0.3 is 0 Å². The number of aliphatic imine (C=N–C) groups is 1. The van der Waals surface area contributed by atoms with Crippen LogP contribution in [0.25, 0.3) is 11.0 Å². The van der Waals surface area contributed by atoms with Crippen molar-refractivity contribution in [2.24, 2.45) is 4.99 Å². The molecule has 0 radical (unpaired) electrons. The predicted octanol–water partition coefficient (Wildman–Crippen LogP) is 2.21. The maximum atomic E-state index is 5.33. The Morgan fingerprint density at radius 1 is 1.39 bits per heavy atom. The van der Waals surface area contributed by atoms with E-state index in [9.17, 15) is 0 Å². The Kier molecular flexibility index (Phi) is 2.92. The van der Waals surface area contributed by atoms with Crippen LogP contribution in [0.3, 0.4) is 0 Å². The van der Waals surface area contributed by atoms with Gasteiger partial charge in [0.25, 0.3) is 0 Å². The van der Waals surface area contributed by atoms with Crippen molar-refractivity contribution in [1.29, 1.82) is 0 Å². The van der Waals surface area contributed by atoms with Crippen LogP contribution in [0.1, 0.15) is 12.5 Å². The van der Waals surface area contributed by atoms with Gasteiger partial charge in [0.05, 0.1) is 12.8 Å². The van der Waals surface area contributed by atoms with E-state index in [2.05, 4.69) is 34.3 Å². The number of likely N-dealkylation sites (N-methyl/N-ethyl adjacent to an activating group) is 1. The van der Waals surface area contributed by atoms with Gasteiger partial charge in [0.2, 0.25) is 0 Å². The molecular formula is C14H17N3O. The molecule has 94 valence electrons. The summed E-state index contributed by atoms with van der Waals surface area (Å²) >= 11 is 0. The van der Waals surface area contributed by atoms with Gasteiger partial charge < -0.3 is 14.6 Å².